The fourth-order valence-corrected chi connectivity index (χ4v) is 4.54. The van der Waals surface area contributed by atoms with E-state index in [0.29, 0.717) is 12.5 Å². The number of benzene rings is 2. The number of nitrogens with zero attached hydrogens (tertiary/aromatic N) is 4. The molecule has 2 aromatic heterocycles. The molecule has 1 aliphatic rings. The Bertz CT molecular complexity index is 1210. The van der Waals surface area contributed by atoms with Gasteiger partial charge >= 0.3 is 0 Å². The van der Waals surface area contributed by atoms with Crippen molar-refractivity contribution in [1.82, 2.24) is 24.8 Å². The lowest BCUT2D eigenvalue weighted by Crippen LogP contribution is -2.42. The second kappa shape index (κ2) is 8.47. The van der Waals surface area contributed by atoms with Gasteiger partial charge in [-0.1, -0.05) is 42.5 Å². The van der Waals surface area contributed by atoms with Crippen molar-refractivity contribution in [2.45, 2.75) is 31.7 Å². The summed E-state index contributed by atoms with van der Waals surface area (Å²) in [4.78, 5) is 14.9. The maximum absolute atomic E-state index is 12.7. The summed E-state index contributed by atoms with van der Waals surface area (Å²) in [7, 11) is 0. The first-order valence-corrected chi connectivity index (χ1v) is 11.0. The first kappa shape index (κ1) is 19.7. The summed E-state index contributed by atoms with van der Waals surface area (Å²) in [5.41, 5.74) is 2.02. The number of amides is 1. The van der Waals surface area contributed by atoms with Gasteiger partial charge in [-0.15, -0.1) is 10.2 Å². The molecule has 1 fully saturated rings. The molecule has 1 atom stereocenters. The molecule has 1 saturated heterocycles. The average Bonchev–Trinajstić information content (AvgIpc) is 3.23. The highest BCUT2D eigenvalue weighted by Crippen LogP contribution is 2.27. The summed E-state index contributed by atoms with van der Waals surface area (Å²) in [6.45, 7) is 4.27. The van der Waals surface area contributed by atoms with Crippen LogP contribution in [-0.2, 0) is 4.79 Å². The molecule has 4 aromatic rings. The molecule has 1 unspecified atom stereocenters. The Hall–Kier alpha value is -3.25. The third kappa shape index (κ3) is 4.16. The van der Waals surface area contributed by atoms with Gasteiger partial charge in [0.05, 0.1) is 12.6 Å². The molecule has 6 heteroatoms. The van der Waals surface area contributed by atoms with E-state index in [1.165, 1.54) is 10.8 Å². The van der Waals surface area contributed by atoms with E-state index in [-0.39, 0.29) is 11.9 Å². The highest BCUT2D eigenvalue weighted by Gasteiger charge is 2.25. The molecule has 0 bridgehead atoms. The van der Waals surface area contributed by atoms with Crippen LogP contribution in [0.15, 0.2) is 66.9 Å². The minimum absolute atomic E-state index is 0.0167. The van der Waals surface area contributed by atoms with E-state index in [1.54, 1.807) is 0 Å². The normalized spacial score (nSPS) is 16.5. The van der Waals surface area contributed by atoms with Crippen molar-refractivity contribution < 1.29 is 4.79 Å². The van der Waals surface area contributed by atoms with Crippen molar-refractivity contribution >= 4 is 22.3 Å². The summed E-state index contributed by atoms with van der Waals surface area (Å²) < 4.78 is 2.08. The number of hydrogen-bond donors (Lipinski definition) is 1. The van der Waals surface area contributed by atoms with Gasteiger partial charge in [-0.2, -0.15) is 0 Å². The molecule has 1 amide bonds. The second-order valence-corrected chi connectivity index (χ2v) is 8.43. The SMILES string of the molecule is CC(NC(=O)CN1CCC(c2nnc3ccccn23)CC1)c1ccc2ccccc2c1. The van der Waals surface area contributed by atoms with Crippen LogP contribution in [0.1, 0.15) is 43.1 Å². The molecule has 0 aliphatic carbocycles. The quantitative estimate of drug-likeness (QED) is 0.538. The van der Waals surface area contributed by atoms with Crippen LogP contribution in [0, 0.1) is 0 Å². The lowest BCUT2D eigenvalue weighted by molar-refractivity contribution is -0.123. The maximum Gasteiger partial charge on any atom is 0.234 e. The molecule has 5 rings (SSSR count). The van der Waals surface area contributed by atoms with E-state index in [2.05, 4.69) is 55.1 Å². The summed E-state index contributed by atoms with van der Waals surface area (Å²) in [6, 6.07) is 20.6. The number of nitrogens with one attached hydrogen (secondary N) is 1. The fraction of sp³-hybridized carbons (Fsp3) is 0.320. The van der Waals surface area contributed by atoms with Gasteiger partial charge in [-0.25, -0.2) is 0 Å². The molecular weight excluding hydrogens is 386 g/mol. The first-order valence-electron chi connectivity index (χ1n) is 11.0. The minimum atomic E-state index is -0.0167. The average molecular weight is 414 g/mol. The van der Waals surface area contributed by atoms with E-state index < -0.39 is 0 Å². The number of rotatable bonds is 5. The van der Waals surface area contributed by atoms with E-state index in [0.717, 1.165) is 43.0 Å². The molecule has 0 saturated carbocycles. The van der Waals surface area contributed by atoms with E-state index in [9.17, 15) is 4.79 Å². The molecule has 1 N–H and O–H groups in total. The zero-order valence-corrected chi connectivity index (χ0v) is 17.7. The van der Waals surface area contributed by atoms with Crippen LogP contribution in [0.25, 0.3) is 16.4 Å². The predicted octanol–water partition coefficient (Wildman–Crippen LogP) is 3.94. The van der Waals surface area contributed by atoms with Crippen molar-refractivity contribution in [3.05, 3.63) is 78.2 Å². The van der Waals surface area contributed by atoms with Gasteiger partial charge in [0.2, 0.25) is 5.91 Å². The molecule has 3 heterocycles. The van der Waals surface area contributed by atoms with Gasteiger partial charge < -0.3 is 5.32 Å². The number of carbonyl (C=O) groups excluding carboxylic acids is 1. The van der Waals surface area contributed by atoms with E-state index >= 15 is 0 Å². The third-order valence-electron chi connectivity index (χ3n) is 6.31. The van der Waals surface area contributed by atoms with Gasteiger partial charge in [0.15, 0.2) is 5.65 Å². The van der Waals surface area contributed by atoms with Crippen LogP contribution in [0.5, 0.6) is 0 Å². The van der Waals surface area contributed by atoms with Gasteiger partial charge in [-0.3, -0.25) is 14.1 Å². The van der Waals surface area contributed by atoms with Crippen molar-refractivity contribution in [3.8, 4) is 0 Å². The topological polar surface area (TPSA) is 62.5 Å². The van der Waals surface area contributed by atoms with Crippen molar-refractivity contribution in [2.24, 2.45) is 0 Å². The number of fused-ring (bicyclic) bond motifs is 2. The van der Waals surface area contributed by atoms with Crippen molar-refractivity contribution in [1.29, 1.82) is 0 Å². The highest BCUT2D eigenvalue weighted by atomic mass is 16.2. The predicted molar refractivity (Wildman–Crippen MR) is 122 cm³/mol. The monoisotopic (exact) mass is 413 g/mol. The Morgan fingerprint density at radius 3 is 2.65 bits per heavy atom. The number of hydrogen-bond acceptors (Lipinski definition) is 4. The molecule has 0 radical (unpaired) electrons. The van der Waals surface area contributed by atoms with Gasteiger partial charge in [-0.05, 0) is 67.4 Å². The zero-order chi connectivity index (χ0) is 21.2. The number of pyridine rings is 1. The summed E-state index contributed by atoms with van der Waals surface area (Å²) in [6.07, 6.45) is 4.01. The van der Waals surface area contributed by atoms with Crippen LogP contribution in [0.2, 0.25) is 0 Å². The maximum atomic E-state index is 12.7. The standard InChI is InChI=1S/C25H27N5O/c1-18(21-10-9-19-6-2-3-7-22(19)16-21)26-24(31)17-29-14-11-20(12-15-29)25-28-27-23-8-4-5-13-30(23)25/h2-10,13,16,18,20H,11-12,14-15,17H2,1H3,(H,26,31). The Labute approximate surface area is 181 Å². The minimum Gasteiger partial charge on any atom is -0.348 e. The third-order valence-corrected chi connectivity index (χ3v) is 6.31. The Morgan fingerprint density at radius 1 is 1.03 bits per heavy atom. The molecule has 158 valence electrons. The van der Waals surface area contributed by atoms with Crippen LogP contribution < -0.4 is 5.32 Å². The molecule has 1 aliphatic heterocycles. The zero-order valence-electron chi connectivity index (χ0n) is 17.7. The Morgan fingerprint density at radius 2 is 1.81 bits per heavy atom. The Balaban J connectivity index is 1.16. The number of carbonyl (C=O) groups is 1. The number of aromatic nitrogens is 3. The van der Waals surface area contributed by atoms with Crippen LogP contribution in [0.3, 0.4) is 0 Å². The largest absolute Gasteiger partial charge is 0.348 e. The summed E-state index contributed by atoms with van der Waals surface area (Å²) >= 11 is 0. The lowest BCUT2D eigenvalue weighted by atomic mass is 9.96. The van der Waals surface area contributed by atoms with E-state index in [1.807, 2.05) is 43.5 Å². The smallest absolute Gasteiger partial charge is 0.234 e. The summed E-state index contributed by atoms with van der Waals surface area (Å²) in [5, 5.41) is 14.3. The van der Waals surface area contributed by atoms with E-state index in [4.69, 9.17) is 0 Å². The van der Waals surface area contributed by atoms with Gasteiger partial charge in [0.1, 0.15) is 5.82 Å². The summed E-state index contributed by atoms with van der Waals surface area (Å²) in [5.74, 6) is 1.49. The molecule has 0 spiro atoms. The van der Waals surface area contributed by atoms with Crippen molar-refractivity contribution in [2.75, 3.05) is 19.6 Å². The van der Waals surface area contributed by atoms with Crippen molar-refractivity contribution in [3.63, 3.8) is 0 Å². The molecular formula is C25H27N5O. The molecule has 2 aromatic carbocycles. The number of likely N-dealkylation sites (tertiary alicyclic amines) is 1. The van der Waals surface area contributed by atoms with Crippen LogP contribution >= 0.6 is 0 Å². The molecule has 6 nitrogen and oxygen atoms in total. The fourth-order valence-electron chi connectivity index (χ4n) is 4.54. The second-order valence-electron chi connectivity index (χ2n) is 8.43. The highest BCUT2D eigenvalue weighted by molar-refractivity contribution is 5.83. The van der Waals surface area contributed by atoms with Gasteiger partial charge in [0, 0.05) is 12.1 Å². The Kier molecular flexibility index (Phi) is 5.38. The first-order chi connectivity index (χ1) is 15.2. The molecule has 31 heavy (non-hydrogen) atoms. The van der Waals surface area contributed by atoms with Crippen LogP contribution in [0.4, 0.5) is 0 Å². The lowest BCUT2D eigenvalue weighted by Gasteiger charge is -2.31. The van der Waals surface area contributed by atoms with Gasteiger partial charge in [0.25, 0.3) is 0 Å². The number of piperidine rings is 1. The van der Waals surface area contributed by atoms with Crippen LogP contribution in [-0.4, -0.2) is 45.0 Å².